The summed E-state index contributed by atoms with van der Waals surface area (Å²) in [5, 5.41) is 0. The molecule has 1 aromatic rings. The molecule has 1 N–H and O–H groups in total. The SMILES string of the molecule is FC(F)(F)Oc1ncc[nH]1. The van der Waals surface area contributed by atoms with E-state index in [1.54, 1.807) is 0 Å². The third-order valence-electron chi connectivity index (χ3n) is 0.686. The Labute approximate surface area is 53.8 Å². The molecule has 6 heteroatoms. The number of alkyl halides is 3. The number of ether oxygens (including phenoxy) is 1. The molecule has 0 fully saturated rings. The topological polar surface area (TPSA) is 37.9 Å². The lowest BCUT2D eigenvalue weighted by Crippen LogP contribution is -2.17. The first-order chi connectivity index (χ1) is 4.58. The predicted octanol–water partition coefficient (Wildman–Crippen LogP) is 1.31. The van der Waals surface area contributed by atoms with Crippen LogP contribution >= 0.6 is 0 Å². The molecular weight excluding hydrogens is 149 g/mol. The number of aromatic nitrogens is 2. The Morgan fingerprint density at radius 1 is 1.50 bits per heavy atom. The maximum atomic E-state index is 11.3. The first-order valence-electron chi connectivity index (χ1n) is 2.33. The van der Waals surface area contributed by atoms with Gasteiger partial charge in [0.15, 0.2) is 0 Å². The molecule has 0 radical (unpaired) electrons. The maximum Gasteiger partial charge on any atom is 0.575 e. The molecule has 0 amide bonds. The molecule has 0 unspecified atom stereocenters. The Morgan fingerprint density at radius 3 is 2.60 bits per heavy atom. The Bertz CT molecular complexity index is 193. The summed E-state index contributed by atoms with van der Waals surface area (Å²) in [5.74, 6) is 0. The highest BCUT2D eigenvalue weighted by molar-refractivity contribution is 4.92. The number of aromatic amines is 1. The van der Waals surface area contributed by atoms with Gasteiger partial charge in [0.05, 0.1) is 0 Å². The van der Waals surface area contributed by atoms with Crippen molar-refractivity contribution in [1.82, 2.24) is 9.97 Å². The number of H-pyrrole nitrogens is 1. The second-order valence-corrected chi connectivity index (χ2v) is 1.44. The Morgan fingerprint density at radius 2 is 2.20 bits per heavy atom. The summed E-state index contributed by atoms with van der Waals surface area (Å²) in [6, 6.07) is -0.549. The van der Waals surface area contributed by atoms with Gasteiger partial charge in [0.25, 0.3) is 6.01 Å². The first kappa shape index (κ1) is 6.91. The van der Waals surface area contributed by atoms with E-state index in [-0.39, 0.29) is 0 Å². The van der Waals surface area contributed by atoms with Crippen LogP contribution in [0, 0.1) is 0 Å². The van der Waals surface area contributed by atoms with Crippen molar-refractivity contribution < 1.29 is 17.9 Å². The summed E-state index contributed by atoms with van der Waals surface area (Å²) >= 11 is 0. The van der Waals surface area contributed by atoms with Gasteiger partial charge in [0.2, 0.25) is 0 Å². The van der Waals surface area contributed by atoms with Gasteiger partial charge in [-0.05, 0) is 0 Å². The van der Waals surface area contributed by atoms with Gasteiger partial charge < -0.3 is 9.72 Å². The fourth-order valence-corrected chi connectivity index (χ4v) is 0.416. The number of nitrogens with zero attached hydrogens (tertiary/aromatic N) is 1. The monoisotopic (exact) mass is 152 g/mol. The van der Waals surface area contributed by atoms with Gasteiger partial charge in [0, 0.05) is 12.4 Å². The van der Waals surface area contributed by atoms with Gasteiger partial charge in [-0.1, -0.05) is 0 Å². The summed E-state index contributed by atoms with van der Waals surface area (Å²) < 4.78 is 37.4. The van der Waals surface area contributed by atoms with Crippen LogP contribution in [-0.2, 0) is 0 Å². The van der Waals surface area contributed by atoms with Crippen LogP contribution in [0.1, 0.15) is 0 Å². The molecule has 0 atom stereocenters. The molecular formula is C4H3F3N2O. The minimum atomic E-state index is -4.67. The number of imidazole rings is 1. The molecule has 0 aliphatic carbocycles. The van der Waals surface area contributed by atoms with Crippen molar-refractivity contribution in [3.05, 3.63) is 12.4 Å². The van der Waals surface area contributed by atoms with Gasteiger partial charge in [-0.25, -0.2) is 4.98 Å². The van der Waals surface area contributed by atoms with Crippen LogP contribution < -0.4 is 4.74 Å². The number of nitrogens with one attached hydrogen (secondary N) is 1. The quantitative estimate of drug-likeness (QED) is 0.658. The second-order valence-electron chi connectivity index (χ2n) is 1.44. The lowest BCUT2D eigenvalue weighted by Gasteiger charge is -2.03. The van der Waals surface area contributed by atoms with E-state index in [1.807, 2.05) is 0 Å². The second kappa shape index (κ2) is 2.20. The molecule has 0 bridgehead atoms. The highest BCUT2D eigenvalue weighted by atomic mass is 19.4. The van der Waals surface area contributed by atoms with Crippen molar-refractivity contribution in [2.24, 2.45) is 0 Å². The van der Waals surface area contributed by atoms with E-state index in [9.17, 15) is 13.2 Å². The zero-order valence-electron chi connectivity index (χ0n) is 4.64. The van der Waals surface area contributed by atoms with Crippen LogP contribution in [0.15, 0.2) is 12.4 Å². The summed E-state index contributed by atoms with van der Waals surface area (Å²) in [7, 11) is 0. The number of hydrogen-bond acceptors (Lipinski definition) is 2. The van der Waals surface area contributed by atoms with Crippen LogP contribution in [-0.4, -0.2) is 16.3 Å². The van der Waals surface area contributed by atoms with Gasteiger partial charge >= 0.3 is 6.36 Å². The minimum absolute atomic E-state index is 0.549. The molecule has 3 nitrogen and oxygen atoms in total. The van der Waals surface area contributed by atoms with Crippen molar-refractivity contribution in [2.45, 2.75) is 6.36 Å². The average Bonchev–Trinajstić information content (AvgIpc) is 2.12. The molecule has 1 aromatic heterocycles. The molecule has 0 aliphatic rings. The smallest absolute Gasteiger partial charge is 0.372 e. The van der Waals surface area contributed by atoms with Crippen LogP contribution in [0.3, 0.4) is 0 Å². The molecule has 0 saturated heterocycles. The van der Waals surface area contributed by atoms with E-state index in [1.165, 1.54) is 12.4 Å². The van der Waals surface area contributed by atoms with E-state index in [4.69, 9.17) is 0 Å². The molecule has 0 aromatic carbocycles. The minimum Gasteiger partial charge on any atom is -0.372 e. The zero-order valence-corrected chi connectivity index (χ0v) is 4.64. The van der Waals surface area contributed by atoms with Crippen molar-refractivity contribution in [3.8, 4) is 6.01 Å². The van der Waals surface area contributed by atoms with Crippen LogP contribution in [0.25, 0.3) is 0 Å². The fraction of sp³-hybridized carbons (Fsp3) is 0.250. The van der Waals surface area contributed by atoms with Gasteiger partial charge in [-0.15, -0.1) is 13.2 Å². The molecule has 0 aliphatic heterocycles. The van der Waals surface area contributed by atoms with Crippen molar-refractivity contribution in [3.63, 3.8) is 0 Å². The van der Waals surface area contributed by atoms with Crippen molar-refractivity contribution in [1.29, 1.82) is 0 Å². The molecule has 10 heavy (non-hydrogen) atoms. The highest BCUT2D eigenvalue weighted by Crippen LogP contribution is 2.17. The summed E-state index contributed by atoms with van der Waals surface area (Å²) in [6.07, 6.45) is -2.26. The largest absolute Gasteiger partial charge is 0.575 e. The number of hydrogen-bond donors (Lipinski definition) is 1. The summed E-state index contributed by atoms with van der Waals surface area (Å²) in [4.78, 5) is 5.34. The summed E-state index contributed by atoms with van der Waals surface area (Å²) in [5.41, 5.74) is 0. The fourth-order valence-electron chi connectivity index (χ4n) is 0.416. The van der Waals surface area contributed by atoms with E-state index in [0.717, 1.165) is 0 Å². The predicted molar refractivity (Wildman–Crippen MR) is 25.3 cm³/mol. The maximum absolute atomic E-state index is 11.3. The van der Waals surface area contributed by atoms with Crippen LogP contribution in [0.2, 0.25) is 0 Å². The van der Waals surface area contributed by atoms with E-state index < -0.39 is 12.4 Å². The Kier molecular flexibility index (Phi) is 1.52. The van der Waals surface area contributed by atoms with Gasteiger partial charge in [-0.3, -0.25) is 0 Å². The van der Waals surface area contributed by atoms with E-state index in [2.05, 4.69) is 14.7 Å². The third kappa shape index (κ3) is 1.96. The Hall–Kier alpha value is -1.20. The van der Waals surface area contributed by atoms with Crippen LogP contribution in [0.4, 0.5) is 13.2 Å². The van der Waals surface area contributed by atoms with E-state index in [0.29, 0.717) is 0 Å². The zero-order chi connectivity index (χ0) is 7.61. The number of rotatable bonds is 1. The first-order valence-corrected chi connectivity index (χ1v) is 2.33. The van der Waals surface area contributed by atoms with E-state index >= 15 is 0 Å². The van der Waals surface area contributed by atoms with Crippen molar-refractivity contribution in [2.75, 3.05) is 0 Å². The molecule has 0 spiro atoms. The van der Waals surface area contributed by atoms with Gasteiger partial charge in [-0.2, -0.15) is 0 Å². The molecule has 56 valence electrons. The van der Waals surface area contributed by atoms with Crippen LogP contribution in [0.5, 0.6) is 6.01 Å². The molecule has 1 rings (SSSR count). The van der Waals surface area contributed by atoms with Crippen molar-refractivity contribution >= 4 is 0 Å². The average molecular weight is 152 g/mol. The lowest BCUT2D eigenvalue weighted by atomic mass is 11.0. The highest BCUT2D eigenvalue weighted by Gasteiger charge is 2.32. The molecule has 1 heterocycles. The third-order valence-corrected chi connectivity index (χ3v) is 0.686. The van der Waals surface area contributed by atoms with Gasteiger partial charge in [0.1, 0.15) is 0 Å². The normalized spacial score (nSPS) is 11.5. The lowest BCUT2D eigenvalue weighted by molar-refractivity contribution is -0.277. The Balaban J connectivity index is 2.57. The molecule has 0 saturated carbocycles. The standard InChI is InChI=1S/C4H3F3N2O/c5-4(6,7)10-3-8-1-2-9-3/h1-2H,(H,8,9). The number of halogens is 3. The summed E-state index contributed by atoms with van der Waals surface area (Å²) in [6.45, 7) is 0.